The van der Waals surface area contributed by atoms with Gasteiger partial charge in [-0.3, -0.25) is 9.59 Å². The van der Waals surface area contributed by atoms with Crippen molar-refractivity contribution in [3.8, 4) is 23.0 Å². The van der Waals surface area contributed by atoms with Crippen molar-refractivity contribution in [3.05, 3.63) is 42.0 Å². The van der Waals surface area contributed by atoms with Gasteiger partial charge in [-0.2, -0.15) is 0 Å². The summed E-state index contributed by atoms with van der Waals surface area (Å²) < 4.78 is 20.9. The van der Waals surface area contributed by atoms with E-state index in [1.54, 1.807) is 30.3 Å². The van der Waals surface area contributed by atoms with Crippen molar-refractivity contribution < 1.29 is 28.5 Å². The van der Waals surface area contributed by atoms with Crippen LogP contribution in [0.3, 0.4) is 0 Å². The third kappa shape index (κ3) is 4.60. The van der Waals surface area contributed by atoms with Crippen LogP contribution >= 0.6 is 0 Å². The van der Waals surface area contributed by atoms with Crippen LogP contribution in [0.4, 0.5) is 5.69 Å². The lowest BCUT2D eigenvalue weighted by molar-refractivity contribution is -0.126. The zero-order chi connectivity index (χ0) is 19.2. The predicted molar refractivity (Wildman–Crippen MR) is 97.2 cm³/mol. The van der Waals surface area contributed by atoms with Crippen molar-refractivity contribution in [2.24, 2.45) is 0 Å². The molecule has 1 heterocycles. The largest absolute Gasteiger partial charge is 0.493 e. The van der Waals surface area contributed by atoms with E-state index in [-0.39, 0.29) is 19.1 Å². The number of fused-ring (bicyclic) bond motifs is 1. The Hall–Kier alpha value is -3.42. The number of hydrogen-bond donors (Lipinski definition) is 2. The molecule has 0 spiro atoms. The predicted octanol–water partition coefficient (Wildman–Crippen LogP) is 2.08. The maximum Gasteiger partial charge on any atom is 0.233 e. The molecule has 142 valence electrons. The average molecular weight is 372 g/mol. The van der Waals surface area contributed by atoms with E-state index >= 15 is 0 Å². The average Bonchev–Trinajstić information content (AvgIpc) is 3.14. The van der Waals surface area contributed by atoms with Crippen LogP contribution in [0.1, 0.15) is 12.0 Å². The van der Waals surface area contributed by atoms with Gasteiger partial charge in [-0.25, -0.2) is 0 Å². The second kappa shape index (κ2) is 8.31. The van der Waals surface area contributed by atoms with Gasteiger partial charge in [-0.1, -0.05) is 6.07 Å². The van der Waals surface area contributed by atoms with Crippen LogP contribution in [0.15, 0.2) is 36.4 Å². The van der Waals surface area contributed by atoms with Crippen LogP contribution in [0.25, 0.3) is 0 Å². The first kappa shape index (κ1) is 18.4. The highest BCUT2D eigenvalue weighted by atomic mass is 16.7. The Morgan fingerprint density at radius 2 is 1.74 bits per heavy atom. The third-order valence-corrected chi connectivity index (χ3v) is 3.92. The Morgan fingerprint density at radius 1 is 0.963 bits per heavy atom. The van der Waals surface area contributed by atoms with Crippen LogP contribution in [-0.2, 0) is 16.1 Å². The van der Waals surface area contributed by atoms with Crippen molar-refractivity contribution in [1.29, 1.82) is 0 Å². The van der Waals surface area contributed by atoms with Crippen molar-refractivity contribution in [1.82, 2.24) is 5.32 Å². The fourth-order valence-electron chi connectivity index (χ4n) is 2.58. The summed E-state index contributed by atoms with van der Waals surface area (Å²) in [6, 6.07) is 10.4. The fourth-order valence-corrected chi connectivity index (χ4v) is 2.58. The Labute approximate surface area is 156 Å². The molecule has 0 saturated carbocycles. The number of carbonyl (C=O) groups is 2. The van der Waals surface area contributed by atoms with Gasteiger partial charge < -0.3 is 29.6 Å². The molecule has 2 amide bonds. The van der Waals surface area contributed by atoms with E-state index in [9.17, 15) is 9.59 Å². The minimum Gasteiger partial charge on any atom is -0.493 e. The highest BCUT2D eigenvalue weighted by molar-refractivity contribution is 6.03. The van der Waals surface area contributed by atoms with Gasteiger partial charge in [0.25, 0.3) is 0 Å². The minimum atomic E-state index is -0.426. The molecule has 8 nitrogen and oxygen atoms in total. The molecule has 2 N–H and O–H groups in total. The van der Waals surface area contributed by atoms with E-state index in [0.29, 0.717) is 35.2 Å². The van der Waals surface area contributed by atoms with E-state index in [1.165, 1.54) is 14.2 Å². The Bertz CT molecular complexity index is 852. The fraction of sp³-hybridized carbons (Fsp3) is 0.263. The summed E-state index contributed by atoms with van der Waals surface area (Å²) in [5.41, 5.74) is 1.37. The van der Waals surface area contributed by atoms with Crippen LogP contribution in [0.5, 0.6) is 23.0 Å². The van der Waals surface area contributed by atoms with Gasteiger partial charge in [0.1, 0.15) is 6.42 Å². The molecule has 0 atom stereocenters. The standard InChI is InChI=1S/C19H20N2O6/c1-24-14-6-4-13(8-16(14)25-2)21-19(23)9-18(22)20-10-12-3-5-15-17(7-12)27-11-26-15/h3-8H,9-11H2,1-2H3,(H,20,22)(H,21,23). The highest BCUT2D eigenvalue weighted by Gasteiger charge is 2.14. The van der Waals surface area contributed by atoms with Crippen LogP contribution < -0.4 is 29.6 Å². The number of rotatable bonds is 7. The quantitative estimate of drug-likeness (QED) is 0.723. The molecule has 3 rings (SSSR count). The van der Waals surface area contributed by atoms with E-state index in [0.717, 1.165) is 5.56 Å². The molecule has 0 unspecified atom stereocenters. The lowest BCUT2D eigenvalue weighted by Crippen LogP contribution is -2.27. The number of benzene rings is 2. The van der Waals surface area contributed by atoms with Gasteiger partial charge in [0, 0.05) is 18.3 Å². The molecule has 27 heavy (non-hydrogen) atoms. The van der Waals surface area contributed by atoms with Gasteiger partial charge in [-0.05, 0) is 29.8 Å². The first-order valence-electron chi connectivity index (χ1n) is 8.26. The SMILES string of the molecule is COc1ccc(NC(=O)CC(=O)NCc2ccc3c(c2)OCO3)cc1OC. The second-order valence-corrected chi connectivity index (χ2v) is 5.76. The number of ether oxygens (including phenoxy) is 4. The van der Waals surface area contributed by atoms with Crippen molar-refractivity contribution in [3.63, 3.8) is 0 Å². The number of hydrogen-bond acceptors (Lipinski definition) is 6. The number of anilines is 1. The minimum absolute atomic E-state index is 0.196. The summed E-state index contributed by atoms with van der Waals surface area (Å²) >= 11 is 0. The van der Waals surface area contributed by atoms with Gasteiger partial charge in [0.05, 0.1) is 14.2 Å². The molecular weight excluding hydrogens is 352 g/mol. The molecule has 0 fully saturated rings. The lowest BCUT2D eigenvalue weighted by Gasteiger charge is -2.11. The van der Waals surface area contributed by atoms with Crippen molar-refractivity contribution in [2.45, 2.75) is 13.0 Å². The normalized spacial score (nSPS) is 11.6. The smallest absolute Gasteiger partial charge is 0.233 e. The van der Waals surface area contributed by atoms with Crippen LogP contribution in [-0.4, -0.2) is 32.8 Å². The number of methoxy groups -OCH3 is 2. The maximum atomic E-state index is 12.1. The van der Waals surface area contributed by atoms with Crippen molar-refractivity contribution >= 4 is 17.5 Å². The number of nitrogens with one attached hydrogen (secondary N) is 2. The highest BCUT2D eigenvalue weighted by Crippen LogP contribution is 2.32. The summed E-state index contributed by atoms with van der Waals surface area (Å²) in [5.74, 6) is 1.56. The second-order valence-electron chi connectivity index (χ2n) is 5.76. The first-order chi connectivity index (χ1) is 13.1. The van der Waals surface area contributed by atoms with Crippen LogP contribution in [0, 0.1) is 0 Å². The Kier molecular flexibility index (Phi) is 5.65. The zero-order valence-corrected chi connectivity index (χ0v) is 15.0. The molecule has 0 radical (unpaired) electrons. The van der Waals surface area contributed by atoms with Gasteiger partial charge in [0.2, 0.25) is 18.6 Å². The molecule has 1 aliphatic rings. The number of carbonyl (C=O) groups excluding carboxylic acids is 2. The summed E-state index contributed by atoms with van der Waals surface area (Å²) in [4.78, 5) is 24.1. The van der Waals surface area contributed by atoms with Gasteiger partial charge in [-0.15, -0.1) is 0 Å². The van der Waals surface area contributed by atoms with E-state index in [1.807, 2.05) is 6.07 Å². The topological polar surface area (TPSA) is 95.1 Å². The van der Waals surface area contributed by atoms with Crippen LogP contribution in [0.2, 0.25) is 0 Å². The molecule has 8 heteroatoms. The van der Waals surface area contributed by atoms with E-state index in [4.69, 9.17) is 18.9 Å². The maximum absolute atomic E-state index is 12.1. The molecule has 1 aliphatic heterocycles. The van der Waals surface area contributed by atoms with Gasteiger partial charge >= 0.3 is 0 Å². The summed E-state index contributed by atoms with van der Waals surface area (Å²) in [7, 11) is 3.04. The monoisotopic (exact) mass is 372 g/mol. The molecule has 2 aromatic carbocycles. The number of amides is 2. The molecule has 0 aliphatic carbocycles. The summed E-state index contributed by atoms with van der Waals surface area (Å²) in [6.07, 6.45) is -0.293. The summed E-state index contributed by atoms with van der Waals surface area (Å²) in [5, 5.41) is 5.37. The molecule has 0 aromatic heterocycles. The molecular formula is C19H20N2O6. The first-order valence-corrected chi connectivity index (χ1v) is 8.26. The van der Waals surface area contributed by atoms with Gasteiger partial charge in [0.15, 0.2) is 23.0 Å². The Morgan fingerprint density at radius 3 is 2.52 bits per heavy atom. The van der Waals surface area contributed by atoms with E-state index in [2.05, 4.69) is 10.6 Å². The van der Waals surface area contributed by atoms with Crippen molar-refractivity contribution in [2.75, 3.05) is 26.3 Å². The zero-order valence-electron chi connectivity index (χ0n) is 15.0. The third-order valence-electron chi connectivity index (χ3n) is 3.92. The summed E-state index contributed by atoms with van der Waals surface area (Å²) in [6.45, 7) is 0.487. The lowest BCUT2D eigenvalue weighted by atomic mass is 10.2. The molecule has 0 saturated heterocycles. The molecule has 2 aromatic rings. The molecule has 0 bridgehead atoms. The van der Waals surface area contributed by atoms with E-state index < -0.39 is 5.91 Å². The Balaban J connectivity index is 1.50.